The lowest BCUT2D eigenvalue weighted by molar-refractivity contribution is 0.510. The van der Waals surface area contributed by atoms with Crippen LogP contribution in [0.3, 0.4) is 0 Å². The van der Waals surface area contributed by atoms with Crippen LogP contribution in [0.1, 0.15) is 5.56 Å². The fraction of sp³-hybridized carbons (Fsp3) is 0. The molecule has 110 valence electrons. The molecule has 0 bridgehead atoms. The molecule has 0 fully saturated rings. The second-order valence-electron chi connectivity index (χ2n) is 4.63. The van der Waals surface area contributed by atoms with Crippen LogP contribution in [-0.2, 0) is 0 Å². The van der Waals surface area contributed by atoms with E-state index in [-0.39, 0.29) is 11.4 Å². The number of aromatic nitrogens is 1. The maximum absolute atomic E-state index is 13.9. The molecule has 0 amide bonds. The van der Waals surface area contributed by atoms with Crippen molar-refractivity contribution in [2.24, 2.45) is 0 Å². The molecule has 1 N–H and O–H groups in total. The van der Waals surface area contributed by atoms with Crippen LogP contribution in [0.25, 0.3) is 26.5 Å². The zero-order valence-corrected chi connectivity index (χ0v) is 12.4. The van der Waals surface area contributed by atoms with E-state index in [0.29, 0.717) is 21.7 Å². The van der Waals surface area contributed by atoms with Gasteiger partial charge >= 0.3 is 0 Å². The molecule has 0 aliphatic rings. The van der Waals surface area contributed by atoms with Crippen molar-refractivity contribution >= 4 is 27.3 Å². The number of halogens is 1. The van der Waals surface area contributed by atoms with Crippen molar-refractivity contribution in [3.8, 4) is 22.7 Å². The molecule has 2 aromatic carbocycles. The van der Waals surface area contributed by atoms with E-state index < -0.39 is 5.76 Å². The molecule has 4 nitrogen and oxygen atoms in total. The molecule has 0 spiro atoms. The third-order valence-corrected chi connectivity index (χ3v) is 4.30. The maximum Gasteiger partial charge on any atom is 0.171 e. The average Bonchev–Trinajstić information content (AvgIpc) is 2.99. The SMILES string of the molecule is N#CC(C#N)=C(O)c1ccc2sc(-c3ccccc3F)nc2c1. The van der Waals surface area contributed by atoms with Gasteiger partial charge in [-0.1, -0.05) is 12.1 Å². The van der Waals surface area contributed by atoms with Crippen molar-refractivity contribution < 1.29 is 9.50 Å². The Morgan fingerprint density at radius 1 is 1.13 bits per heavy atom. The van der Waals surface area contributed by atoms with Crippen LogP contribution in [0.4, 0.5) is 4.39 Å². The molecule has 0 aliphatic carbocycles. The van der Waals surface area contributed by atoms with Gasteiger partial charge in [0.25, 0.3) is 0 Å². The molecule has 1 aromatic heterocycles. The minimum Gasteiger partial charge on any atom is -0.505 e. The molecule has 3 aromatic rings. The second-order valence-corrected chi connectivity index (χ2v) is 5.66. The number of allylic oxidation sites excluding steroid dienone is 1. The molecule has 0 saturated heterocycles. The van der Waals surface area contributed by atoms with Crippen molar-refractivity contribution in [3.63, 3.8) is 0 Å². The van der Waals surface area contributed by atoms with E-state index in [1.807, 2.05) is 0 Å². The fourth-order valence-electron chi connectivity index (χ4n) is 2.10. The maximum atomic E-state index is 13.9. The Labute approximate surface area is 135 Å². The molecule has 0 radical (unpaired) electrons. The minimum atomic E-state index is -0.391. The smallest absolute Gasteiger partial charge is 0.171 e. The first-order valence-corrected chi connectivity index (χ1v) is 7.35. The number of aliphatic hydroxyl groups excluding tert-OH is 1. The normalized spacial score (nSPS) is 10.0. The summed E-state index contributed by atoms with van der Waals surface area (Å²) in [4.78, 5) is 4.38. The standard InChI is InChI=1S/C17H8FN3OS/c18-13-4-2-1-3-12(13)17-21-14-7-10(5-6-15(14)23-17)16(22)11(8-19)9-20/h1-7,22H. The Morgan fingerprint density at radius 2 is 1.87 bits per heavy atom. The third-order valence-electron chi connectivity index (χ3n) is 3.23. The number of hydrogen-bond donors (Lipinski definition) is 1. The molecule has 3 rings (SSSR count). The van der Waals surface area contributed by atoms with E-state index in [1.165, 1.54) is 17.4 Å². The zero-order chi connectivity index (χ0) is 16.4. The largest absolute Gasteiger partial charge is 0.505 e. The van der Waals surface area contributed by atoms with Gasteiger partial charge in [-0.3, -0.25) is 0 Å². The van der Waals surface area contributed by atoms with Crippen LogP contribution in [0.15, 0.2) is 48.0 Å². The fourth-order valence-corrected chi connectivity index (χ4v) is 3.07. The number of thiazole rings is 1. The highest BCUT2D eigenvalue weighted by molar-refractivity contribution is 7.21. The summed E-state index contributed by atoms with van der Waals surface area (Å²) >= 11 is 1.33. The number of nitriles is 2. The molecule has 1 heterocycles. The molecule has 23 heavy (non-hydrogen) atoms. The molecule has 0 saturated carbocycles. The van der Waals surface area contributed by atoms with Gasteiger partial charge in [0, 0.05) is 11.1 Å². The van der Waals surface area contributed by atoms with Gasteiger partial charge in [-0.15, -0.1) is 11.3 Å². The van der Waals surface area contributed by atoms with Gasteiger partial charge in [0.2, 0.25) is 0 Å². The van der Waals surface area contributed by atoms with Gasteiger partial charge < -0.3 is 5.11 Å². The molecular formula is C17H8FN3OS. The van der Waals surface area contributed by atoms with Crippen LogP contribution < -0.4 is 0 Å². The highest BCUT2D eigenvalue weighted by Crippen LogP contribution is 2.33. The predicted molar refractivity (Wildman–Crippen MR) is 85.8 cm³/mol. The molecular weight excluding hydrogens is 313 g/mol. The van der Waals surface area contributed by atoms with E-state index in [1.54, 1.807) is 48.5 Å². The summed E-state index contributed by atoms with van der Waals surface area (Å²) in [6, 6.07) is 14.5. The van der Waals surface area contributed by atoms with Crippen molar-refractivity contribution in [3.05, 3.63) is 59.4 Å². The average molecular weight is 321 g/mol. The van der Waals surface area contributed by atoms with Crippen LogP contribution in [-0.4, -0.2) is 10.1 Å². The Balaban J connectivity index is 2.13. The van der Waals surface area contributed by atoms with Gasteiger partial charge in [0.1, 0.15) is 23.0 Å². The second kappa shape index (κ2) is 5.88. The topological polar surface area (TPSA) is 80.7 Å². The van der Waals surface area contributed by atoms with E-state index in [2.05, 4.69) is 4.98 Å². The number of benzene rings is 2. The Kier molecular flexibility index (Phi) is 3.76. The summed E-state index contributed by atoms with van der Waals surface area (Å²) in [7, 11) is 0. The Bertz CT molecular complexity index is 1010. The predicted octanol–water partition coefficient (Wildman–Crippen LogP) is 4.42. The van der Waals surface area contributed by atoms with E-state index >= 15 is 0 Å². The van der Waals surface area contributed by atoms with Gasteiger partial charge in [0.05, 0.1) is 10.2 Å². The first kappa shape index (κ1) is 14.7. The Hall–Kier alpha value is -3.22. The summed E-state index contributed by atoms with van der Waals surface area (Å²) < 4.78 is 14.7. The van der Waals surface area contributed by atoms with E-state index in [0.717, 1.165) is 4.70 Å². The quantitative estimate of drug-likeness (QED) is 0.559. The number of rotatable bonds is 2. The summed E-state index contributed by atoms with van der Waals surface area (Å²) in [5.74, 6) is -0.747. The van der Waals surface area contributed by atoms with Gasteiger partial charge in [-0.25, -0.2) is 9.37 Å². The van der Waals surface area contributed by atoms with Crippen molar-refractivity contribution in [2.45, 2.75) is 0 Å². The molecule has 0 aliphatic heterocycles. The van der Waals surface area contributed by atoms with Crippen LogP contribution in [0.5, 0.6) is 0 Å². The molecule has 0 atom stereocenters. The van der Waals surface area contributed by atoms with Gasteiger partial charge in [-0.2, -0.15) is 10.5 Å². The van der Waals surface area contributed by atoms with Gasteiger partial charge in [0.15, 0.2) is 11.3 Å². The number of aliphatic hydroxyl groups is 1. The lowest BCUT2D eigenvalue weighted by Gasteiger charge is -1.99. The van der Waals surface area contributed by atoms with Gasteiger partial charge in [-0.05, 0) is 30.3 Å². The third kappa shape index (κ3) is 2.64. The van der Waals surface area contributed by atoms with Crippen LogP contribution in [0.2, 0.25) is 0 Å². The van der Waals surface area contributed by atoms with E-state index in [4.69, 9.17) is 10.5 Å². The van der Waals surface area contributed by atoms with Crippen LogP contribution >= 0.6 is 11.3 Å². The molecule has 6 heteroatoms. The first-order chi connectivity index (χ1) is 11.1. The highest BCUT2D eigenvalue weighted by atomic mass is 32.1. The summed E-state index contributed by atoms with van der Waals surface area (Å²) in [6.07, 6.45) is 0. The van der Waals surface area contributed by atoms with Crippen molar-refractivity contribution in [2.75, 3.05) is 0 Å². The van der Waals surface area contributed by atoms with E-state index in [9.17, 15) is 9.50 Å². The summed E-state index contributed by atoms with van der Waals surface area (Å²) in [5, 5.41) is 28.1. The zero-order valence-electron chi connectivity index (χ0n) is 11.6. The number of nitrogens with zero attached hydrogens (tertiary/aromatic N) is 3. The van der Waals surface area contributed by atoms with Crippen molar-refractivity contribution in [1.29, 1.82) is 10.5 Å². The highest BCUT2D eigenvalue weighted by Gasteiger charge is 2.13. The number of hydrogen-bond acceptors (Lipinski definition) is 5. The molecule has 0 unspecified atom stereocenters. The summed E-state index contributed by atoms with van der Waals surface area (Å²) in [5.41, 5.74) is 0.923. The monoisotopic (exact) mass is 321 g/mol. The minimum absolute atomic E-state index is 0.320. The lowest BCUT2D eigenvalue weighted by Crippen LogP contribution is -1.88. The van der Waals surface area contributed by atoms with Crippen molar-refractivity contribution in [1.82, 2.24) is 4.98 Å². The number of fused-ring (bicyclic) bond motifs is 1. The van der Waals surface area contributed by atoms with Crippen LogP contribution in [0, 0.1) is 28.5 Å². The Morgan fingerprint density at radius 3 is 2.57 bits per heavy atom. The summed E-state index contributed by atoms with van der Waals surface area (Å²) in [6.45, 7) is 0. The first-order valence-electron chi connectivity index (χ1n) is 6.53. The lowest BCUT2D eigenvalue weighted by atomic mass is 10.1.